The smallest absolute Gasteiger partial charge is 0.279 e. The number of anilines is 1. The van der Waals surface area contributed by atoms with Gasteiger partial charge in [-0.3, -0.25) is 14.0 Å². The van der Waals surface area contributed by atoms with Gasteiger partial charge in [0.25, 0.3) is 5.56 Å². The van der Waals surface area contributed by atoms with E-state index in [1.165, 1.54) is 15.6 Å². The number of aryl methyl sites for hydroxylation is 1. The molecule has 3 atom stereocenters. The van der Waals surface area contributed by atoms with E-state index in [2.05, 4.69) is 30.1 Å². The maximum atomic E-state index is 12.7. The largest absolute Gasteiger partial charge is 0.356 e. The van der Waals surface area contributed by atoms with Gasteiger partial charge in [-0.25, -0.2) is 9.97 Å². The molecule has 152 valence electrons. The van der Waals surface area contributed by atoms with Crippen LogP contribution in [-0.4, -0.2) is 47.5 Å². The fraction of sp³-hybridized carbons (Fsp3) is 0.368. The van der Waals surface area contributed by atoms with Crippen LogP contribution >= 0.6 is 11.6 Å². The van der Waals surface area contributed by atoms with E-state index in [0.717, 1.165) is 18.9 Å². The molecule has 1 aliphatic carbocycles. The van der Waals surface area contributed by atoms with Gasteiger partial charge in [-0.15, -0.1) is 0 Å². The highest BCUT2D eigenvalue weighted by Crippen LogP contribution is 2.57. The first kappa shape index (κ1) is 17.6. The lowest BCUT2D eigenvalue weighted by Crippen LogP contribution is -2.24. The summed E-state index contributed by atoms with van der Waals surface area (Å²) in [5.74, 6) is 3.25. The number of pyridine rings is 1. The number of hydrogen-bond donors (Lipinski definition) is 0. The summed E-state index contributed by atoms with van der Waals surface area (Å²) in [7, 11) is 1.72. The molecule has 10 nitrogen and oxygen atoms in total. The molecular weight excluding hydrogens is 408 g/mol. The molecule has 1 saturated heterocycles. The summed E-state index contributed by atoms with van der Waals surface area (Å²) in [5, 5.41) is 8.94. The summed E-state index contributed by atoms with van der Waals surface area (Å²) < 4.78 is 8.41. The Morgan fingerprint density at radius 3 is 2.90 bits per heavy atom. The van der Waals surface area contributed by atoms with E-state index in [9.17, 15) is 4.79 Å². The number of nitrogens with zero attached hydrogens (tertiary/aromatic N) is 8. The molecule has 11 heteroatoms. The molecule has 6 rings (SSSR count). The Kier molecular flexibility index (Phi) is 3.73. The molecule has 1 unspecified atom stereocenters. The molecule has 0 spiro atoms. The lowest BCUT2D eigenvalue weighted by molar-refractivity contribution is 0.363. The van der Waals surface area contributed by atoms with Crippen molar-refractivity contribution in [2.24, 2.45) is 18.9 Å². The normalized spacial score (nSPS) is 22.6. The summed E-state index contributed by atoms with van der Waals surface area (Å²) in [6, 6.07) is 3.66. The third-order valence-electron chi connectivity index (χ3n) is 6.03. The topological polar surface area (TPSA) is 108 Å². The third-order valence-corrected chi connectivity index (χ3v) is 6.27. The zero-order chi connectivity index (χ0) is 20.4. The second-order valence-electron chi connectivity index (χ2n) is 7.82. The molecule has 0 aromatic carbocycles. The van der Waals surface area contributed by atoms with Gasteiger partial charge >= 0.3 is 0 Å². The molecule has 2 aliphatic rings. The van der Waals surface area contributed by atoms with Gasteiger partial charge in [0, 0.05) is 37.3 Å². The molecule has 0 bridgehead atoms. The van der Waals surface area contributed by atoms with Gasteiger partial charge in [-0.05, 0) is 24.0 Å². The molecule has 0 N–H and O–H groups in total. The van der Waals surface area contributed by atoms with Crippen LogP contribution in [0.2, 0.25) is 5.02 Å². The van der Waals surface area contributed by atoms with Crippen molar-refractivity contribution in [2.75, 3.05) is 18.0 Å². The van der Waals surface area contributed by atoms with Crippen LogP contribution < -0.4 is 10.5 Å². The minimum Gasteiger partial charge on any atom is -0.356 e. The third kappa shape index (κ3) is 2.71. The Balaban J connectivity index is 1.17. The van der Waals surface area contributed by atoms with Crippen LogP contribution in [-0.2, 0) is 13.6 Å². The highest BCUT2D eigenvalue weighted by Gasteiger charge is 2.58. The fourth-order valence-corrected chi connectivity index (χ4v) is 4.63. The number of halogens is 1. The summed E-state index contributed by atoms with van der Waals surface area (Å²) in [4.78, 5) is 28.1. The number of fused-ring (bicyclic) bond motifs is 2. The molecule has 1 aliphatic heterocycles. The van der Waals surface area contributed by atoms with Crippen molar-refractivity contribution < 1.29 is 4.52 Å². The Morgan fingerprint density at radius 1 is 1.27 bits per heavy atom. The van der Waals surface area contributed by atoms with Crippen LogP contribution in [0.3, 0.4) is 0 Å². The second kappa shape index (κ2) is 6.36. The molecule has 1 saturated carbocycles. The lowest BCUT2D eigenvalue weighted by Gasteiger charge is -2.20. The van der Waals surface area contributed by atoms with E-state index in [4.69, 9.17) is 16.1 Å². The highest BCUT2D eigenvalue weighted by molar-refractivity contribution is 6.30. The van der Waals surface area contributed by atoms with Crippen molar-refractivity contribution in [1.82, 2.24) is 34.5 Å². The molecule has 0 radical (unpaired) electrons. The van der Waals surface area contributed by atoms with Crippen molar-refractivity contribution in [2.45, 2.75) is 12.5 Å². The Hall–Kier alpha value is -3.27. The van der Waals surface area contributed by atoms with Gasteiger partial charge in [0.1, 0.15) is 17.9 Å². The zero-order valence-corrected chi connectivity index (χ0v) is 16.8. The summed E-state index contributed by atoms with van der Waals surface area (Å²) in [5.41, 5.74) is 0.825. The first-order chi connectivity index (χ1) is 14.6. The molecule has 30 heavy (non-hydrogen) atoms. The van der Waals surface area contributed by atoms with Crippen molar-refractivity contribution in [3.05, 3.63) is 57.9 Å². The van der Waals surface area contributed by atoms with Gasteiger partial charge in [-0.1, -0.05) is 16.8 Å². The first-order valence-electron chi connectivity index (χ1n) is 9.64. The van der Waals surface area contributed by atoms with Crippen LogP contribution in [0.4, 0.5) is 5.82 Å². The predicted molar refractivity (Wildman–Crippen MR) is 107 cm³/mol. The van der Waals surface area contributed by atoms with Crippen LogP contribution in [0.15, 0.2) is 40.2 Å². The standard InChI is InChI=1S/C19H17ClN8O2/c1-26-17-13(5-23-26)22-9-28(19(17)29)8-15-24-18(25-30-15)16-11-6-27(7-12(11)16)14-4-10(20)2-3-21-14/h2-5,9,11-12,16H,6-8H2,1H3/t11-,12+,16?. The summed E-state index contributed by atoms with van der Waals surface area (Å²) in [6.07, 6.45) is 4.78. The fourth-order valence-electron chi connectivity index (χ4n) is 4.48. The maximum absolute atomic E-state index is 12.7. The Labute approximate surface area is 175 Å². The van der Waals surface area contributed by atoms with Gasteiger partial charge in [0.05, 0.1) is 12.5 Å². The van der Waals surface area contributed by atoms with E-state index in [-0.39, 0.29) is 18.0 Å². The molecule has 2 fully saturated rings. The van der Waals surface area contributed by atoms with Crippen LogP contribution in [0.1, 0.15) is 17.6 Å². The molecular formula is C19H17ClN8O2. The number of aromatic nitrogens is 7. The molecule has 4 aromatic heterocycles. The van der Waals surface area contributed by atoms with Gasteiger partial charge in [0.2, 0.25) is 5.89 Å². The van der Waals surface area contributed by atoms with Crippen molar-refractivity contribution >= 4 is 28.5 Å². The monoisotopic (exact) mass is 424 g/mol. The molecule has 0 amide bonds. The minimum atomic E-state index is -0.187. The summed E-state index contributed by atoms with van der Waals surface area (Å²) >= 11 is 6.08. The van der Waals surface area contributed by atoms with E-state index in [1.54, 1.807) is 25.5 Å². The van der Waals surface area contributed by atoms with E-state index in [1.807, 2.05) is 6.07 Å². The Bertz CT molecular complexity index is 1320. The predicted octanol–water partition coefficient (Wildman–Crippen LogP) is 1.46. The second-order valence-corrected chi connectivity index (χ2v) is 8.25. The number of rotatable bonds is 4. The zero-order valence-electron chi connectivity index (χ0n) is 16.0. The van der Waals surface area contributed by atoms with Gasteiger partial charge in [-0.2, -0.15) is 10.1 Å². The average molecular weight is 425 g/mol. The SMILES string of the molecule is Cn1ncc2ncn(Cc3nc(C4[C@H]5CN(c6cc(Cl)ccn6)C[C@@H]45)no3)c(=O)c21. The molecule has 4 aromatic rings. The Morgan fingerprint density at radius 2 is 2.10 bits per heavy atom. The minimum absolute atomic E-state index is 0.181. The van der Waals surface area contributed by atoms with Gasteiger partial charge < -0.3 is 9.42 Å². The lowest BCUT2D eigenvalue weighted by atomic mass is 10.2. The van der Waals surface area contributed by atoms with Crippen molar-refractivity contribution in [1.29, 1.82) is 0 Å². The van der Waals surface area contributed by atoms with E-state index < -0.39 is 0 Å². The van der Waals surface area contributed by atoms with Crippen molar-refractivity contribution in [3.63, 3.8) is 0 Å². The number of piperidine rings is 1. The van der Waals surface area contributed by atoms with Crippen LogP contribution in [0.25, 0.3) is 11.0 Å². The highest BCUT2D eigenvalue weighted by atomic mass is 35.5. The molecule has 5 heterocycles. The first-order valence-corrected chi connectivity index (χ1v) is 10.0. The van der Waals surface area contributed by atoms with Crippen LogP contribution in [0, 0.1) is 11.8 Å². The average Bonchev–Trinajstić information content (AvgIpc) is 3.16. The number of hydrogen-bond acceptors (Lipinski definition) is 8. The summed E-state index contributed by atoms with van der Waals surface area (Å²) in [6.45, 7) is 1.97. The van der Waals surface area contributed by atoms with Gasteiger partial charge in [0.15, 0.2) is 11.3 Å². The van der Waals surface area contributed by atoms with Crippen molar-refractivity contribution in [3.8, 4) is 0 Å². The van der Waals surface area contributed by atoms with Crippen LogP contribution in [0.5, 0.6) is 0 Å². The maximum Gasteiger partial charge on any atom is 0.279 e. The quantitative estimate of drug-likeness (QED) is 0.484. The van der Waals surface area contributed by atoms with E-state index in [0.29, 0.717) is 39.6 Å². The van der Waals surface area contributed by atoms with E-state index >= 15 is 0 Å².